The van der Waals surface area contributed by atoms with Gasteiger partial charge in [0.2, 0.25) is 0 Å². The van der Waals surface area contributed by atoms with E-state index in [1.54, 1.807) is 34.4 Å². The molecule has 101 heavy (non-hydrogen) atoms. The number of halogens is 9. The van der Waals surface area contributed by atoms with Gasteiger partial charge in [-0.3, -0.25) is 26.2 Å². The van der Waals surface area contributed by atoms with E-state index in [0.717, 1.165) is 61.8 Å². The SMILES string of the molecule is C.C.CC1(C)OB(B2OC(C)(C)C(C)(C)O2)OC1(C)C.COCBr.COCn1c(C(=O)N2CC(F)(F)C2)cc2ccc(B3OC(C)(C)C(C)(C)O3)cc21.COCn1c(C(=O)N2CC(F)(F)C2)cc2ccc(Br)cc21.O=C(c1cc2ccc(Br)cc2[nH]1)N1CC(F)(F)C1.[C-]#CC#CC#CC#C[CH2-]. The van der Waals surface area contributed by atoms with Crippen molar-refractivity contribution in [2.75, 3.05) is 66.1 Å². The summed E-state index contributed by atoms with van der Waals surface area (Å²) in [6.07, 6.45) is 6.34. The van der Waals surface area contributed by atoms with E-state index in [1.807, 2.05) is 144 Å². The lowest BCUT2D eigenvalue weighted by Crippen LogP contribution is -2.58. The molecule has 6 aliphatic heterocycles. The van der Waals surface area contributed by atoms with E-state index in [1.165, 1.54) is 14.2 Å². The first kappa shape index (κ1) is 85.3. The Balaban J connectivity index is 0.000000231. The number of carbonyl (C=O) groups excluding carboxylic acids is 3. The Morgan fingerprint density at radius 2 is 0.871 bits per heavy atom. The van der Waals surface area contributed by atoms with Gasteiger partial charge in [-0.25, -0.2) is 38.2 Å². The van der Waals surface area contributed by atoms with Crippen LogP contribution in [-0.4, -0.2) is 185 Å². The Labute approximate surface area is 615 Å². The number of benzene rings is 3. The van der Waals surface area contributed by atoms with Crippen LogP contribution in [0.5, 0.6) is 0 Å². The predicted molar refractivity (Wildman–Crippen MR) is 392 cm³/mol. The van der Waals surface area contributed by atoms with E-state index in [2.05, 4.69) is 100.0 Å². The summed E-state index contributed by atoms with van der Waals surface area (Å²) in [5.41, 5.74) is 2.49. The molecule has 3 aromatic heterocycles. The molecule has 0 bridgehead atoms. The highest BCUT2D eigenvalue weighted by atomic mass is 79.9. The molecule has 9 heterocycles. The number of nitrogens with one attached hydrogen (secondary N) is 1. The number of likely N-dealkylation sites (tertiary alicyclic amines) is 3. The van der Waals surface area contributed by atoms with E-state index < -0.39 is 101 Å². The molecule has 0 aliphatic carbocycles. The van der Waals surface area contributed by atoms with Crippen LogP contribution in [0.4, 0.5) is 26.3 Å². The number of ether oxygens (including phenoxy) is 3. The molecule has 0 radical (unpaired) electrons. The van der Waals surface area contributed by atoms with Crippen molar-refractivity contribution in [1.82, 2.24) is 28.8 Å². The molecule has 18 nitrogen and oxygen atoms in total. The molecule has 0 atom stereocenters. The average Bonchev–Trinajstić information content (AvgIpc) is 1.58. The van der Waals surface area contributed by atoms with Gasteiger partial charge in [-0.15, -0.1) is 11.8 Å². The maximum atomic E-state index is 13.2. The highest BCUT2D eigenvalue weighted by molar-refractivity contribution is 9.10. The maximum Gasteiger partial charge on any atom is 0.494 e. The summed E-state index contributed by atoms with van der Waals surface area (Å²) in [6.45, 7) is 24.5. The average molecular weight is 1600 g/mol. The van der Waals surface area contributed by atoms with Gasteiger partial charge in [0.15, 0.2) is 0 Å². The lowest BCUT2D eigenvalue weighted by Gasteiger charge is -2.38. The number of hydrogen-bond acceptors (Lipinski definition) is 12. The predicted octanol–water partition coefficient (Wildman–Crippen LogP) is 13.7. The van der Waals surface area contributed by atoms with Crippen LogP contribution in [0.25, 0.3) is 32.7 Å². The van der Waals surface area contributed by atoms with E-state index in [0.29, 0.717) is 22.6 Å². The zero-order chi connectivity index (χ0) is 73.6. The second-order valence-electron chi connectivity index (χ2n) is 26.9. The number of alkyl halides is 7. The van der Waals surface area contributed by atoms with Crippen molar-refractivity contribution in [3.63, 3.8) is 0 Å². The number of H-pyrrole nitrogens is 1. The van der Waals surface area contributed by atoms with E-state index in [9.17, 15) is 40.7 Å². The fourth-order valence-corrected chi connectivity index (χ4v) is 11.1. The van der Waals surface area contributed by atoms with Crippen LogP contribution in [0.2, 0.25) is 0 Å². The van der Waals surface area contributed by atoms with Gasteiger partial charge in [-0.1, -0.05) is 86.9 Å². The number of methoxy groups -OCH3 is 3. The Bertz CT molecular complexity index is 4090. The minimum Gasteiger partial charge on any atom is -0.405 e. The largest absolute Gasteiger partial charge is 0.494 e. The zero-order valence-corrected chi connectivity index (χ0v) is 62.5. The fraction of sp³-hybridized carbons (Fsp3) is 0.493. The number of carbonyl (C=O) groups is 3. The van der Waals surface area contributed by atoms with Crippen LogP contribution in [0, 0.1) is 54.8 Å². The molecule has 6 saturated heterocycles. The third-order valence-electron chi connectivity index (χ3n) is 17.8. The van der Waals surface area contributed by atoms with Crippen molar-refractivity contribution in [3.05, 3.63) is 112 Å². The van der Waals surface area contributed by atoms with Gasteiger partial charge in [-0.05, 0) is 143 Å². The lowest BCUT2D eigenvalue weighted by molar-refractivity contribution is -0.113. The second-order valence-corrected chi connectivity index (χ2v) is 29.2. The second kappa shape index (κ2) is 33.6. The highest BCUT2D eigenvalue weighted by Crippen LogP contribution is 2.44. The Kier molecular flexibility index (Phi) is 28.4. The highest BCUT2D eigenvalue weighted by Gasteiger charge is 2.64. The number of nitrogens with zero attached hydrogens (tertiary/aromatic N) is 5. The molecule has 0 spiro atoms. The minimum atomic E-state index is -2.81. The van der Waals surface area contributed by atoms with Crippen molar-refractivity contribution < 1.29 is 82.9 Å². The summed E-state index contributed by atoms with van der Waals surface area (Å²) in [4.78, 5) is 43.4. The van der Waals surface area contributed by atoms with Gasteiger partial charge in [0.25, 0.3) is 35.5 Å². The van der Waals surface area contributed by atoms with Gasteiger partial charge in [0, 0.05) is 52.0 Å². The smallest absolute Gasteiger partial charge is 0.405 e. The van der Waals surface area contributed by atoms with Crippen LogP contribution in [0.15, 0.2) is 81.7 Å². The molecule has 0 saturated carbocycles. The number of amides is 3. The van der Waals surface area contributed by atoms with Crippen molar-refractivity contribution in [2.45, 2.75) is 163 Å². The summed E-state index contributed by atoms with van der Waals surface area (Å²) in [5.74, 6) is 6.40. The van der Waals surface area contributed by atoms with Crippen molar-refractivity contribution in [2.24, 2.45) is 0 Å². The molecular formula is C71H86B3Br3F6N6O12-2. The molecule has 3 amide bonds. The monoisotopic (exact) mass is 1600 g/mol. The van der Waals surface area contributed by atoms with Gasteiger partial charge in [0.1, 0.15) is 36.1 Å². The normalized spacial score (nSPS) is 19.4. The molecule has 12 rings (SSSR count). The number of aromatic nitrogens is 3. The number of fused-ring (bicyclic) bond motifs is 3. The molecular weight excluding hydrogens is 1510 g/mol. The molecule has 546 valence electrons. The first-order valence-electron chi connectivity index (χ1n) is 31.0. The summed E-state index contributed by atoms with van der Waals surface area (Å²) >= 11 is 9.74. The third kappa shape index (κ3) is 20.3. The molecule has 6 aliphatic rings. The molecule has 30 heteroatoms. The van der Waals surface area contributed by atoms with E-state index in [4.69, 9.17) is 43.8 Å². The summed E-state index contributed by atoms with van der Waals surface area (Å²) in [6, 6.07) is 21.9. The molecule has 0 unspecified atom stereocenters. The number of hydrogen-bond donors (Lipinski definition) is 1. The van der Waals surface area contributed by atoms with Crippen molar-refractivity contribution in [1.29, 1.82) is 0 Å². The van der Waals surface area contributed by atoms with Gasteiger partial charge >= 0.3 is 21.1 Å². The Morgan fingerprint density at radius 3 is 1.26 bits per heavy atom. The fourth-order valence-electron chi connectivity index (χ4n) is 10.4. The topological polar surface area (TPSA) is 170 Å². The first-order chi connectivity index (χ1) is 46.0. The Hall–Kier alpha value is -6.35. The molecule has 1 N–H and O–H groups in total. The van der Waals surface area contributed by atoms with Gasteiger partial charge in [0.05, 0.1) is 83.9 Å². The van der Waals surface area contributed by atoms with Crippen LogP contribution in [0.1, 0.15) is 129 Å². The third-order valence-corrected chi connectivity index (χ3v) is 19.2. The van der Waals surface area contributed by atoms with Gasteiger partial charge in [-0.2, -0.15) is 6.92 Å². The first-order valence-corrected chi connectivity index (χ1v) is 33.7. The van der Waals surface area contributed by atoms with Crippen LogP contribution in [0.3, 0.4) is 0 Å². The van der Waals surface area contributed by atoms with E-state index >= 15 is 0 Å². The maximum absolute atomic E-state index is 13.2. The summed E-state index contributed by atoms with van der Waals surface area (Å²) < 4.78 is 134. The minimum absolute atomic E-state index is 0. The Morgan fingerprint density at radius 1 is 0.515 bits per heavy atom. The molecule has 6 aromatic rings. The summed E-state index contributed by atoms with van der Waals surface area (Å²) in [7, 11) is 3.19. The molecule has 3 aromatic carbocycles. The van der Waals surface area contributed by atoms with Crippen LogP contribution in [-0.2, 0) is 55.6 Å². The lowest BCUT2D eigenvalue weighted by atomic mass is 9.49. The summed E-state index contributed by atoms with van der Waals surface area (Å²) in [5, 5.41) is 2.57. The standard InChI is InChI=1S/C20H25BF2N2O4.C14H13BrF2N2O2.C12H24B2O4.C12H9BrF2N2O.C9H2.C2H5BrO.2CH4/c1-18(2)19(3,4)29-21(28-18)14-7-6-13-8-16(25(12-27-5)15(13)9-14)17(26)24-10-20(22,23)11-24;1-21-8-19-11-5-10(15)3-2-9(11)4-12(19)13(20)18-6-14(16,17)7-18;1-9(2)10(3,4)16-13(15-9)14-17-11(5,6)12(7,8)18-14;13-8-2-1-7-3-10(16-9(7)4-8)11(18)17-5-12(14,15)6-17;1-3-5-7-9-8-6-4-2;1-4-2-3;;/h6-9H,10-12H2,1-5H3;2-5H,6-8H2,1H3;1-8H3;1-4,16H,5-6H2;1H2;2H2,1H3;2*1H4/q;;;;-2;;;. The quantitative estimate of drug-likeness (QED) is 0.0453. The van der Waals surface area contributed by atoms with Crippen LogP contribution < -0.4 is 5.46 Å². The van der Waals surface area contributed by atoms with Crippen LogP contribution >= 0.6 is 47.8 Å². The van der Waals surface area contributed by atoms with Gasteiger partial charge < -0.3 is 77.4 Å². The molecule has 6 fully saturated rings. The zero-order valence-electron chi connectivity index (χ0n) is 57.8. The number of rotatable bonds is 10. The van der Waals surface area contributed by atoms with Crippen molar-refractivity contribution in [3.8, 4) is 41.4 Å². The number of aromatic amines is 1. The van der Waals surface area contributed by atoms with E-state index in [-0.39, 0.29) is 56.6 Å². The van der Waals surface area contributed by atoms with Crippen molar-refractivity contribution >= 4 is 125 Å².